The zero-order chi connectivity index (χ0) is 16.7. The monoisotopic (exact) mass is 348 g/mol. The van der Waals surface area contributed by atoms with E-state index in [2.05, 4.69) is 26.8 Å². The number of unbranched alkanes of at least 4 members (excludes halogenated alkanes) is 10. The first-order valence-corrected chi connectivity index (χ1v) is 10.4. The molecule has 0 saturated carbocycles. The van der Waals surface area contributed by atoms with Crippen LogP contribution in [0.25, 0.3) is 0 Å². The number of hydrogen-bond donors (Lipinski definition) is 0. The van der Waals surface area contributed by atoms with Crippen molar-refractivity contribution >= 4 is 23.2 Å². The van der Waals surface area contributed by atoms with Crippen LogP contribution in [0, 0.1) is 5.92 Å². The van der Waals surface area contributed by atoms with Crippen LogP contribution in [0.5, 0.6) is 0 Å². The fourth-order valence-corrected chi connectivity index (χ4v) is 3.09. The minimum atomic E-state index is -0.688. The van der Waals surface area contributed by atoms with Gasteiger partial charge in [-0.05, 0) is 25.2 Å². The molecule has 0 spiro atoms. The lowest BCUT2D eigenvalue weighted by atomic mass is 9.97. The molecule has 0 bridgehead atoms. The molecule has 2 heteroatoms. The summed E-state index contributed by atoms with van der Waals surface area (Å²) in [4.78, 5) is 0. The first-order chi connectivity index (χ1) is 10.5. The molecule has 132 valence electrons. The second kappa shape index (κ2) is 14.9. The molecule has 0 nitrogen and oxygen atoms in total. The summed E-state index contributed by atoms with van der Waals surface area (Å²) in [6, 6.07) is 0. The summed E-state index contributed by atoms with van der Waals surface area (Å²) in [6.45, 7) is 6.69. The molecule has 0 radical (unpaired) electrons. The van der Waals surface area contributed by atoms with Gasteiger partial charge in [0.1, 0.15) is 4.33 Å². The molecule has 0 fully saturated rings. The van der Waals surface area contributed by atoms with Crippen molar-refractivity contribution in [2.75, 3.05) is 0 Å². The van der Waals surface area contributed by atoms with Crippen molar-refractivity contribution < 1.29 is 0 Å². The highest BCUT2D eigenvalue weighted by Gasteiger charge is 2.27. The minimum Gasteiger partial charge on any atom is -0.0967 e. The average molecular weight is 349 g/mol. The van der Waals surface area contributed by atoms with E-state index in [0.717, 1.165) is 12.8 Å². The summed E-state index contributed by atoms with van der Waals surface area (Å²) >= 11 is 13.0. The number of hydrogen-bond acceptors (Lipinski definition) is 0. The Balaban J connectivity index is 3.74. The van der Waals surface area contributed by atoms with E-state index >= 15 is 0 Å². The van der Waals surface area contributed by atoms with Crippen LogP contribution in [0.15, 0.2) is 12.2 Å². The zero-order valence-electron chi connectivity index (χ0n) is 15.2. The quantitative estimate of drug-likeness (QED) is 0.158. The van der Waals surface area contributed by atoms with Crippen molar-refractivity contribution in [3.63, 3.8) is 0 Å². The van der Waals surface area contributed by atoms with Crippen LogP contribution < -0.4 is 0 Å². The van der Waals surface area contributed by atoms with Crippen molar-refractivity contribution in [1.82, 2.24) is 0 Å². The van der Waals surface area contributed by atoms with Crippen molar-refractivity contribution in [2.24, 2.45) is 5.92 Å². The second-order valence-electron chi connectivity index (χ2n) is 6.74. The van der Waals surface area contributed by atoms with Gasteiger partial charge in [0.25, 0.3) is 0 Å². The van der Waals surface area contributed by atoms with Gasteiger partial charge in [0.15, 0.2) is 0 Å². The fourth-order valence-electron chi connectivity index (χ4n) is 2.69. The number of rotatable bonds is 15. The molecule has 0 amide bonds. The zero-order valence-corrected chi connectivity index (χ0v) is 16.7. The van der Waals surface area contributed by atoms with Crippen LogP contribution in [0.4, 0.5) is 0 Å². The van der Waals surface area contributed by atoms with Gasteiger partial charge in [-0.15, -0.1) is 0 Å². The molecule has 22 heavy (non-hydrogen) atoms. The molecular weight excluding hydrogens is 311 g/mol. The fraction of sp³-hybridized carbons (Fsp3) is 0.900. The molecule has 0 aliphatic carbocycles. The van der Waals surface area contributed by atoms with Gasteiger partial charge in [-0.3, -0.25) is 0 Å². The number of allylic oxidation sites excluding steroid dienone is 2. The van der Waals surface area contributed by atoms with E-state index in [4.69, 9.17) is 23.2 Å². The van der Waals surface area contributed by atoms with Gasteiger partial charge >= 0.3 is 0 Å². The highest BCUT2D eigenvalue weighted by Crippen LogP contribution is 2.35. The summed E-state index contributed by atoms with van der Waals surface area (Å²) in [6.07, 6.45) is 21.0. The molecule has 0 aromatic carbocycles. The first kappa shape index (κ1) is 22.3. The Bertz CT molecular complexity index is 258. The van der Waals surface area contributed by atoms with Gasteiger partial charge in [0, 0.05) is 0 Å². The summed E-state index contributed by atoms with van der Waals surface area (Å²) in [7, 11) is 0. The summed E-state index contributed by atoms with van der Waals surface area (Å²) in [5, 5.41) is 0. The van der Waals surface area contributed by atoms with Crippen molar-refractivity contribution in [2.45, 2.75) is 109 Å². The van der Waals surface area contributed by atoms with E-state index in [0.29, 0.717) is 5.92 Å². The van der Waals surface area contributed by atoms with Gasteiger partial charge in [0.2, 0.25) is 0 Å². The van der Waals surface area contributed by atoms with Crippen molar-refractivity contribution in [3.05, 3.63) is 12.2 Å². The Morgan fingerprint density at radius 3 is 1.86 bits per heavy atom. The molecule has 0 aromatic heterocycles. The predicted molar refractivity (Wildman–Crippen MR) is 104 cm³/mol. The van der Waals surface area contributed by atoms with E-state index in [1.54, 1.807) is 0 Å². The maximum absolute atomic E-state index is 6.49. The Labute approximate surface area is 150 Å². The summed E-state index contributed by atoms with van der Waals surface area (Å²) in [5.74, 6) is 0.332. The van der Waals surface area contributed by atoms with E-state index in [1.807, 2.05) is 6.08 Å². The standard InChI is InChI=1S/C20H38Cl2/c1-4-6-8-10-12-14-16-18-20(21,22)19(3)17-15-13-11-9-7-5-2/h16,18-19H,4-15,17H2,1-3H3. The maximum Gasteiger partial charge on any atom is 0.138 e. The lowest BCUT2D eigenvalue weighted by Crippen LogP contribution is -2.20. The molecule has 1 atom stereocenters. The number of halogens is 2. The van der Waals surface area contributed by atoms with Crippen LogP contribution in [0.2, 0.25) is 0 Å². The van der Waals surface area contributed by atoms with Crippen molar-refractivity contribution in [3.8, 4) is 0 Å². The molecule has 1 unspecified atom stereocenters. The van der Waals surface area contributed by atoms with E-state index in [-0.39, 0.29) is 0 Å². The third-order valence-electron chi connectivity index (χ3n) is 4.46. The number of alkyl halides is 2. The van der Waals surface area contributed by atoms with Gasteiger partial charge in [0.05, 0.1) is 0 Å². The third-order valence-corrected chi connectivity index (χ3v) is 5.46. The maximum atomic E-state index is 6.49. The third kappa shape index (κ3) is 12.8. The lowest BCUT2D eigenvalue weighted by Gasteiger charge is -2.23. The van der Waals surface area contributed by atoms with Crippen LogP contribution in [-0.4, -0.2) is 4.33 Å². The van der Waals surface area contributed by atoms with Crippen LogP contribution in [-0.2, 0) is 0 Å². The molecule has 0 saturated heterocycles. The Morgan fingerprint density at radius 2 is 1.27 bits per heavy atom. The topological polar surface area (TPSA) is 0 Å². The van der Waals surface area contributed by atoms with Crippen molar-refractivity contribution in [1.29, 1.82) is 0 Å². The smallest absolute Gasteiger partial charge is 0.0967 e. The predicted octanol–water partition coefficient (Wildman–Crippen LogP) is 8.46. The van der Waals surface area contributed by atoms with Gasteiger partial charge < -0.3 is 0 Å². The van der Waals surface area contributed by atoms with E-state index in [1.165, 1.54) is 70.6 Å². The molecule has 0 heterocycles. The van der Waals surface area contributed by atoms with Crippen LogP contribution >= 0.6 is 23.2 Å². The van der Waals surface area contributed by atoms with E-state index < -0.39 is 4.33 Å². The Kier molecular flexibility index (Phi) is 15.1. The molecule has 0 aliphatic rings. The molecule has 0 aliphatic heterocycles. The Hall–Kier alpha value is 0.320. The van der Waals surface area contributed by atoms with E-state index in [9.17, 15) is 0 Å². The first-order valence-electron chi connectivity index (χ1n) is 9.60. The van der Waals surface area contributed by atoms with Crippen LogP contribution in [0.3, 0.4) is 0 Å². The van der Waals surface area contributed by atoms with Gasteiger partial charge in [-0.25, -0.2) is 0 Å². The molecule has 0 rings (SSSR count). The second-order valence-corrected chi connectivity index (χ2v) is 8.18. The molecule has 0 aromatic rings. The van der Waals surface area contributed by atoms with Gasteiger partial charge in [-0.2, -0.15) is 0 Å². The Morgan fingerprint density at radius 1 is 0.773 bits per heavy atom. The largest absolute Gasteiger partial charge is 0.138 e. The summed E-state index contributed by atoms with van der Waals surface area (Å²) in [5.41, 5.74) is 0. The lowest BCUT2D eigenvalue weighted by molar-refractivity contribution is 0.471. The van der Waals surface area contributed by atoms with Crippen LogP contribution in [0.1, 0.15) is 104 Å². The average Bonchev–Trinajstić information content (AvgIpc) is 2.49. The summed E-state index contributed by atoms with van der Waals surface area (Å²) < 4.78 is -0.688. The minimum absolute atomic E-state index is 0.332. The highest BCUT2D eigenvalue weighted by molar-refractivity contribution is 6.50. The highest BCUT2D eigenvalue weighted by atomic mass is 35.5. The molecule has 0 N–H and O–H groups in total. The SMILES string of the molecule is CCCCCCCC=CC(Cl)(Cl)C(C)CCCCCCCC. The van der Waals surface area contributed by atoms with Gasteiger partial charge in [-0.1, -0.05) is 120 Å². The molecular formula is C20H38Cl2. The normalized spacial score (nSPS) is 13.9.